The topological polar surface area (TPSA) is 88.3 Å². The molecule has 0 spiro atoms. The highest BCUT2D eigenvalue weighted by Crippen LogP contribution is 2.11. The number of hydrogen-bond acceptors (Lipinski definition) is 5. The van der Waals surface area contributed by atoms with Crippen molar-refractivity contribution in [2.45, 2.75) is 33.7 Å². The van der Waals surface area contributed by atoms with Gasteiger partial charge >= 0.3 is 0 Å². The van der Waals surface area contributed by atoms with Crippen LogP contribution >= 0.6 is 0 Å². The Kier molecular flexibility index (Phi) is 4.61. The average Bonchev–Trinajstić information content (AvgIpc) is 2.65. The summed E-state index contributed by atoms with van der Waals surface area (Å²) in [6.07, 6.45) is 0. The van der Waals surface area contributed by atoms with E-state index in [1.807, 2.05) is 0 Å². The molecule has 1 N–H and O–H groups in total. The number of nitrogens with zero attached hydrogens (tertiary/aromatic N) is 3. The smallest absolute Gasteiger partial charge is 0.280 e. The highest BCUT2D eigenvalue weighted by molar-refractivity contribution is 7.87. The van der Waals surface area contributed by atoms with E-state index in [2.05, 4.69) is 14.9 Å². The quantitative estimate of drug-likeness (QED) is 0.811. The molecule has 1 aromatic heterocycles. The highest BCUT2D eigenvalue weighted by atomic mass is 32.2. The Morgan fingerprint density at radius 3 is 2.41 bits per heavy atom. The van der Waals surface area contributed by atoms with Gasteiger partial charge in [0.2, 0.25) is 5.89 Å². The van der Waals surface area contributed by atoms with Crippen LogP contribution in [0.25, 0.3) is 0 Å². The van der Waals surface area contributed by atoms with Crippen molar-refractivity contribution < 1.29 is 12.9 Å². The van der Waals surface area contributed by atoms with E-state index >= 15 is 0 Å². The van der Waals surface area contributed by atoms with Crippen LogP contribution in [0, 0.1) is 6.92 Å². The summed E-state index contributed by atoms with van der Waals surface area (Å²) in [5, 5.41) is 3.62. The van der Waals surface area contributed by atoms with E-state index in [9.17, 15) is 8.42 Å². The van der Waals surface area contributed by atoms with Crippen LogP contribution in [0.1, 0.15) is 38.5 Å². The Hall–Kier alpha value is -0.990. The van der Waals surface area contributed by atoms with Crippen LogP contribution in [0.15, 0.2) is 4.52 Å². The SMILES string of the molecule is CCN(CC)S(=O)(=O)N[C@@H](C)c1nc(C)no1. The molecule has 0 amide bonds. The Balaban J connectivity index is 2.77. The number of hydrogen-bond donors (Lipinski definition) is 1. The lowest BCUT2D eigenvalue weighted by Gasteiger charge is -2.20. The van der Waals surface area contributed by atoms with E-state index in [1.165, 1.54) is 4.31 Å². The maximum absolute atomic E-state index is 11.9. The van der Waals surface area contributed by atoms with Crippen LogP contribution < -0.4 is 4.72 Å². The van der Waals surface area contributed by atoms with Crippen molar-refractivity contribution in [3.05, 3.63) is 11.7 Å². The average molecular weight is 262 g/mol. The lowest BCUT2D eigenvalue weighted by molar-refractivity contribution is 0.345. The maximum atomic E-state index is 11.9. The van der Waals surface area contributed by atoms with Crippen molar-refractivity contribution in [3.63, 3.8) is 0 Å². The molecule has 1 heterocycles. The highest BCUT2D eigenvalue weighted by Gasteiger charge is 2.24. The third-order valence-electron chi connectivity index (χ3n) is 2.28. The molecule has 98 valence electrons. The van der Waals surface area contributed by atoms with Crippen LogP contribution in [-0.2, 0) is 10.2 Å². The monoisotopic (exact) mass is 262 g/mol. The minimum Gasteiger partial charge on any atom is -0.338 e. The first-order valence-corrected chi connectivity index (χ1v) is 6.92. The molecule has 0 aliphatic carbocycles. The summed E-state index contributed by atoms with van der Waals surface area (Å²) >= 11 is 0. The van der Waals surface area contributed by atoms with E-state index in [0.717, 1.165) is 0 Å². The summed E-state index contributed by atoms with van der Waals surface area (Å²) in [5.74, 6) is 0.743. The van der Waals surface area contributed by atoms with E-state index in [4.69, 9.17) is 4.52 Å². The lowest BCUT2D eigenvalue weighted by Crippen LogP contribution is -2.41. The summed E-state index contributed by atoms with van der Waals surface area (Å²) in [6.45, 7) is 7.74. The van der Waals surface area contributed by atoms with Crippen molar-refractivity contribution in [2.24, 2.45) is 0 Å². The van der Waals surface area contributed by atoms with Gasteiger partial charge in [0.1, 0.15) is 0 Å². The van der Waals surface area contributed by atoms with Gasteiger partial charge in [-0.15, -0.1) is 0 Å². The van der Waals surface area contributed by atoms with E-state index in [-0.39, 0.29) is 5.89 Å². The van der Waals surface area contributed by atoms with Gasteiger partial charge in [0.05, 0.1) is 6.04 Å². The summed E-state index contributed by atoms with van der Waals surface area (Å²) < 4.78 is 32.5. The molecule has 0 aromatic carbocycles. The standard InChI is InChI=1S/C9H18N4O3S/c1-5-13(6-2)17(14,15)12-7(3)9-10-8(4)11-16-9/h7,12H,5-6H2,1-4H3/t7-/m0/s1. The van der Waals surface area contributed by atoms with Gasteiger partial charge in [-0.05, 0) is 13.8 Å². The van der Waals surface area contributed by atoms with Crippen LogP contribution in [0.5, 0.6) is 0 Å². The predicted molar refractivity (Wildman–Crippen MR) is 62.4 cm³/mol. The number of nitrogens with one attached hydrogen (secondary N) is 1. The molecule has 0 aliphatic rings. The zero-order valence-electron chi connectivity index (χ0n) is 10.5. The third kappa shape index (κ3) is 3.48. The molecule has 1 aromatic rings. The van der Waals surface area contributed by atoms with Gasteiger partial charge < -0.3 is 4.52 Å². The molecule has 8 heteroatoms. The molecule has 0 fully saturated rings. The number of aromatic nitrogens is 2. The molecule has 0 radical (unpaired) electrons. The molecule has 7 nitrogen and oxygen atoms in total. The molecular formula is C9H18N4O3S. The lowest BCUT2D eigenvalue weighted by atomic mass is 10.4. The summed E-state index contributed by atoms with van der Waals surface area (Å²) in [4.78, 5) is 3.98. The fraction of sp³-hybridized carbons (Fsp3) is 0.778. The molecule has 1 atom stereocenters. The maximum Gasteiger partial charge on any atom is 0.280 e. The zero-order valence-corrected chi connectivity index (χ0v) is 11.3. The minimum atomic E-state index is -3.51. The zero-order chi connectivity index (χ0) is 13.1. The Labute approximate surface area is 101 Å². The molecule has 17 heavy (non-hydrogen) atoms. The van der Waals surface area contributed by atoms with Crippen LogP contribution in [0.2, 0.25) is 0 Å². The first kappa shape index (κ1) is 14.1. The molecule has 1 rings (SSSR count). The van der Waals surface area contributed by atoms with Crippen molar-refractivity contribution in [3.8, 4) is 0 Å². The van der Waals surface area contributed by atoms with Gasteiger partial charge in [-0.1, -0.05) is 19.0 Å². The Morgan fingerprint density at radius 2 is 2.00 bits per heavy atom. The normalized spacial score (nSPS) is 14.2. The molecule has 0 unspecified atom stereocenters. The van der Waals surface area contributed by atoms with Gasteiger partial charge in [0.15, 0.2) is 5.82 Å². The van der Waals surface area contributed by atoms with Crippen LogP contribution in [-0.4, -0.2) is 36.0 Å². The summed E-state index contributed by atoms with van der Waals surface area (Å²) in [6, 6.07) is -0.540. The van der Waals surface area contributed by atoms with Gasteiger partial charge in [-0.25, -0.2) is 0 Å². The van der Waals surface area contributed by atoms with Crippen LogP contribution in [0.4, 0.5) is 0 Å². The second kappa shape index (κ2) is 5.56. The molecule has 0 bridgehead atoms. The second-order valence-corrected chi connectivity index (χ2v) is 5.31. The van der Waals surface area contributed by atoms with Crippen molar-refractivity contribution in [1.82, 2.24) is 19.2 Å². The van der Waals surface area contributed by atoms with Crippen molar-refractivity contribution in [2.75, 3.05) is 13.1 Å². The first-order valence-electron chi connectivity index (χ1n) is 5.48. The van der Waals surface area contributed by atoms with E-state index in [0.29, 0.717) is 18.9 Å². The van der Waals surface area contributed by atoms with E-state index < -0.39 is 16.3 Å². The Bertz CT molecular complexity index is 453. The summed E-state index contributed by atoms with van der Waals surface area (Å²) in [5.41, 5.74) is 0. The van der Waals surface area contributed by atoms with Gasteiger partial charge in [0, 0.05) is 13.1 Å². The van der Waals surface area contributed by atoms with Crippen LogP contribution in [0.3, 0.4) is 0 Å². The fourth-order valence-corrected chi connectivity index (χ4v) is 2.78. The molecule has 0 saturated heterocycles. The largest absolute Gasteiger partial charge is 0.338 e. The molecular weight excluding hydrogens is 244 g/mol. The van der Waals surface area contributed by atoms with Crippen molar-refractivity contribution >= 4 is 10.2 Å². The van der Waals surface area contributed by atoms with Crippen molar-refractivity contribution in [1.29, 1.82) is 0 Å². The number of rotatable bonds is 6. The molecule has 0 saturated carbocycles. The second-order valence-electron chi connectivity index (χ2n) is 3.61. The predicted octanol–water partition coefficient (Wildman–Crippen LogP) is 0.615. The third-order valence-corrected chi connectivity index (χ3v) is 4.13. The Morgan fingerprint density at radius 1 is 1.41 bits per heavy atom. The van der Waals surface area contributed by atoms with Gasteiger partial charge in [-0.3, -0.25) is 0 Å². The fourth-order valence-electron chi connectivity index (χ4n) is 1.40. The summed E-state index contributed by atoms with van der Waals surface area (Å²) in [7, 11) is -3.51. The van der Waals surface area contributed by atoms with E-state index in [1.54, 1.807) is 27.7 Å². The first-order chi connectivity index (χ1) is 7.90. The van der Waals surface area contributed by atoms with Gasteiger partial charge in [0.25, 0.3) is 10.2 Å². The van der Waals surface area contributed by atoms with Gasteiger partial charge in [-0.2, -0.15) is 22.4 Å². The number of aryl methyl sites for hydroxylation is 1. The minimum absolute atomic E-state index is 0.262. The molecule has 0 aliphatic heterocycles.